The number of aromatic nitrogens is 2. The molecule has 2 unspecified atom stereocenters. The van der Waals surface area contributed by atoms with Gasteiger partial charge in [-0.25, -0.2) is 0 Å². The number of nitrogens with one attached hydrogen (secondary N) is 1. The Labute approximate surface area is 125 Å². The van der Waals surface area contributed by atoms with E-state index in [0.717, 1.165) is 61.4 Å². The normalized spacial score (nSPS) is 24.4. The van der Waals surface area contributed by atoms with Gasteiger partial charge in [-0.15, -0.1) is 5.10 Å². The Morgan fingerprint density at radius 2 is 1.90 bits per heavy atom. The molecule has 3 rings (SSSR count). The minimum absolute atomic E-state index is 0.0882. The Morgan fingerprint density at radius 1 is 1.24 bits per heavy atom. The Hall–Kier alpha value is -1.69. The van der Waals surface area contributed by atoms with Gasteiger partial charge in [0.2, 0.25) is 0 Å². The number of amidine groups is 1. The Balaban J connectivity index is 2.03. The zero-order chi connectivity index (χ0) is 15.0. The molecule has 114 valence electrons. The van der Waals surface area contributed by atoms with Crippen LogP contribution in [0.2, 0.25) is 0 Å². The molecular weight excluding hydrogens is 266 g/mol. The lowest BCUT2D eigenvalue weighted by molar-refractivity contribution is 0.0301. The van der Waals surface area contributed by atoms with Crippen molar-refractivity contribution >= 4 is 11.7 Å². The average Bonchev–Trinajstić information content (AvgIpc) is 2.83. The minimum atomic E-state index is 0.0882. The van der Waals surface area contributed by atoms with Crippen LogP contribution in [0.1, 0.15) is 43.5 Å². The van der Waals surface area contributed by atoms with Crippen molar-refractivity contribution in [3.63, 3.8) is 0 Å². The molecule has 0 aliphatic carbocycles. The van der Waals surface area contributed by atoms with E-state index in [-0.39, 0.29) is 18.0 Å². The molecule has 0 aromatic carbocycles. The highest BCUT2D eigenvalue weighted by Crippen LogP contribution is 2.31. The molecule has 0 radical (unpaired) electrons. The third-order valence-corrected chi connectivity index (χ3v) is 4.44. The topological polar surface area (TPSA) is 88.1 Å². The summed E-state index contributed by atoms with van der Waals surface area (Å²) in [5, 5.41) is 16.8. The summed E-state index contributed by atoms with van der Waals surface area (Å²) in [5.41, 5.74) is 8.64. The van der Waals surface area contributed by atoms with Gasteiger partial charge in [0.15, 0.2) is 5.82 Å². The number of morpholine rings is 1. The van der Waals surface area contributed by atoms with Gasteiger partial charge in [-0.2, -0.15) is 5.10 Å². The van der Waals surface area contributed by atoms with Crippen molar-refractivity contribution in [2.45, 2.75) is 51.7 Å². The third-order valence-electron chi connectivity index (χ3n) is 4.44. The van der Waals surface area contributed by atoms with Crippen molar-refractivity contribution in [2.75, 3.05) is 18.0 Å². The van der Waals surface area contributed by atoms with E-state index in [4.69, 9.17) is 15.9 Å². The van der Waals surface area contributed by atoms with Crippen LogP contribution in [-0.4, -0.2) is 41.3 Å². The van der Waals surface area contributed by atoms with Gasteiger partial charge in [0, 0.05) is 13.1 Å². The van der Waals surface area contributed by atoms with Crippen molar-refractivity contribution in [2.24, 2.45) is 5.73 Å². The zero-order valence-electron chi connectivity index (χ0n) is 12.7. The summed E-state index contributed by atoms with van der Waals surface area (Å²) in [6.45, 7) is 5.78. The molecule has 6 heteroatoms. The van der Waals surface area contributed by atoms with E-state index < -0.39 is 0 Å². The molecule has 6 nitrogen and oxygen atoms in total. The fourth-order valence-electron chi connectivity index (χ4n) is 3.45. The molecule has 3 N–H and O–H groups in total. The molecule has 0 amide bonds. The fraction of sp³-hybridized carbons (Fsp3) is 0.667. The summed E-state index contributed by atoms with van der Waals surface area (Å²) in [5.74, 6) is 0.849. The third kappa shape index (κ3) is 2.48. The number of nitrogens with two attached hydrogens (primary N) is 1. The summed E-state index contributed by atoms with van der Waals surface area (Å²) in [6.07, 6.45) is 4.40. The molecule has 2 fully saturated rings. The van der Waals surface area contributed by atoms with E-state index in [9.17, 15) is 0 Å². The molecule has 2 aliphatic rings. The highest BCUT2D eigenvalue weighted by Gasteiger charge is 2.35. The summed E-state index contributed by atoms with van der Waals surface area (Å²) < 4.78 is 5.88. The van der Waals surface area contributed by atoms with Crippen LogP contribution in [-0.2, 0) is 17.6 Å². The van der Waals surface area contributed by atoms with Crippen LogP contribution >= 0.6 is 0 Å². The number of ether oxygens (including phenoxy) is 1. The largest absolute Gasteiger partial charge is 0.384 e. The van der Waals surface area contributed by atoms with Crippen molar-refractivity contribution in [1.29, 1.82) is 5.41 Å². The summed E-state index contributed by atoms with van der Waals surface area (Å²) in [7, 11) is 0. The maximum absolute atomic E-state index is 7.98. The number of aryl methyl sites for hydroxylation is 1. The molecule has 0 saturated carbocycles. The maximum atomic E-state index is 7.98. The van der Waals surface area contributed by atoms with Gasteiger partial charge in [0.05, 0.1) is 23.5 Å². The lowest BCUT2D eigenvalue weighted by atomic mass is 10.0. The first-order valence-electron chi connectivity index (χ1n) is 7.77. The number of rotatable bonds is 4. The van der Waals surface area contributed by atoms with Crippen LogP contribution in [0.3, 0.4) is 0 Å². The molecule has 1 aromatic heterocycles. The monoisotopic (exact) mass is 289 g/mol. The van der Waals surface area contributed by atoms with Gasteiger partial charge >= 0.3 is 0 Å². The van der Waals surface area contributed by atoms with E-state index in [1.165, 1.54) is 0 Å². The summed E-state index contributed by atoms with van der Waals surface area (Å²) >= 11 is 0. The van der Waals surface area contributed by atoms with E-state index in [1.54, 1.807) is 0 Å². The number of nitrogens with zero attached hydrogens (tertiary/aromatic N) is 3. The van der Waals surface area contributed by atoms with E-state index in [0.29, 0.717) is 0 Å². The van der Waals surface area contributed by atoms with Crippen LogP contribution < -0.4 is 10.6 Å². The first kappa shape index (κ1) is 14.3. The van der Waals surface area contributed by atoms with E-state index >= 15 is 0 Å². The van der Waals surface area contributed by atoms with Crippen LogP contribution in [0.15, 0.2) is 0 Å². The number of hydrogen-bond acceptors (Lipinski definition) is 5. The van der Waals surface area contributed by atoms with Crippen LogP contribution in [0, 0.1) is 5.41 Å². The lowest BCUT2D eigenvalue weighted by Gasteiger charge is -2.34. The zero-order valence-corrected chi connectivity index (χ0v) is 12.7. The molecule has 0 spiro atoms. The van der Waals surface area contributed by atoms with Gasteiger partial charge in [0.1, 0.15) is 5.84 Å². The molecule has 2 atom stereocenters. The average molecular weight is 289 g/mol. The SMILES string of the molecule is CCc1nnc(N2CC3CCC(C2)O3)c(C(=N)N)c1CC. The predicted octanol–water partition coefficient (Wildman–Crippen LogP) is 1.25. The Morgan fingerprint density at radius 3 is 2.43 bits per heavy atom. The second-order valence-corrected chi connectivity index (χ2v) is 5.81. The number of hydrogen-bond donors (Lipinski definition) is 2. The molecule has 1 aromatic rings. The first-order valence-corrected chi connectivity index (χ1v) is 7.77. The molecule has 2 saturated heterocycles. The molecular formula is C15H23N5O. The molecule has 2 aliphatic heterocycles. The van der Waals surface area contributed by atoms with Crippen LogP contribution in [0.5, 0.6) is 0 Å². The second kappa shape index (κ2) is 5.60. The number of anilines is 1. The highest BCUT2D eigenvalue weighted by atomic mass is 16.5. The molecule has 2 bridgehead atoms. The predicted molar refractivity (Wildman–Crippen MR) is 81.9 cm³/mol. The van der Waals surface area contributed by atoms with E-state index in [1.807, 2.05) is 0 Å². The summed E-state index contributed by atoms with van der Waals surface area (Å²) in [4.78, 5) is 2.20. The van der Waals surface area contributed by atoms with Gasteiger partial charge in [-0.1, -0.05) is 13.8 Å². The standard InChI is InChI=1S/C15H23N5O/c1-3-11-12(4-2)18-19-15(13(11)14(16)17)20-7-9-5-6-10(8-20)21-9/h9-10H,3-8H2,1-2H3,(H3,16,17). The van der Waals surface area contributed by atoms with Gasteiger partial charge in [0.25, 0.3) is 0 Å². The molecule has 21 heavy (non-hydrogen) atoms. The first-order chi connectivity index (χ1) is 10.1. The van der Waals surface area contributed by atoms with Crippen molar-refractivity contribution in [1.82, 2.24) is 10.2 Å². The Bertz CT molecular complexity index is 547. The fourth-order valence-corrected chi connectivity index (χ4v) is 3.45. The van der Waals surface area contributed by atoms with Gasteiger partial charge in [-0.05, 0) is 31.2 Å². The quantitative estimate of drug-likeness (QED) is 0.643. The van der Waals surface area contributed by atoms with Crippen molar-refractivity contribution < 1.29 is 4.74 Å². The van der Waals surface area contributed by atoms with Crippen LogP contribution in [0.25, 0.3) is 0 Å². The van der Waals surface area contributed by atoms with Crippen LogP contribution in [0.4, 0.5) is 5.82 Å². The maximum Gasteiger partial charge on any atom is 0.162 e. The van der Waals surface area contributed by atoms with Gasteiger partial charge < -0.3 is 15.4 Å². The number of fused-ring (bicyclic) bond motifs is 2. The second-order valence-electron chi connectivity index (χ2n) is 5.81. The van der Waals surface area contributed by atoms with Crippen molar-refractivity contribution in [3.8, 4) is 0 Å². The highest BCUT2D eigenvalue weighted by molar-refractivity contribution is 6.01. The number of nitrogen functional groups attached to an aromatic ring is 1. The Kier molecular flexibility index (Phi) is 3.80. The lowest BCUT2D eigenvalue weighted by Crippen LogP contribution is -2.44. The van der Waals surface area contributed by atoms with Gasteiger partial charge in [-0.3, -0.25) is 5.41 Å². The minimum Gasteiger partial charge on any atom is -0.384 e. The molecule has 3 heterocycles. The summed E-state index contributed by atoms with van der Waals surface area (Å²) in [6, 6.07) is 0. The van der Waals surface area contributed by atoms with Crippen molar-refractivity contribution in [3.05, 3.63) is 16.8 Å². The smallest absolute Gasteiger partial charge is 0.162 e. The van der Waals surface area contributed by atoms with E-state index in [2.05, 4.69) is 28.9 Å².